The monoisotopic (exact) mass is 261 g/mol. The van der Waals surface area contributed by atoms with Gasteiger partial charge in [0, 0.05) is 18.6 Å². The van der Waals surface area contributed by atoms with Gasteiger partial charge in [-0.05, 0) is 13.0 Å². The van der Waals surface area contributed by atoms with Crippen LogP contribution in [0.4, 0.5) is 0 Å². The lowest BCUT2D eigenvalue weighted by molar-refractivity contribution is 0.297. The highest BCUT2D eigenvalue weighted by molar-refractivity contribution is 5.79. The van der Waals surface area contributed by atoms with Gasteiger partial charge in [-0.1, -0.05) is 6.92 Å². The summed E-state index contributed by atoms with van der Waals surface area (Å²) in [5, 5.41) is 3.34. The number of hydrogen-bond acceptors (Lipinski definition) is 4. The molecule has 1 aromatic heterocycles. The molecule has 0 amide bonds. The largest absolute Gasteiger partial charge is 0.489 e. The Morgan fingerprint density at radius 2 is 2.05 bits per heavy atom. The van der Waals surface area contributed by atoms with Crippen LogP contribution in [0.3, 0.4) is 0 Å². The highest BCUT2D eigenvalue weighted by Crippen LogP contribution is 2.33. The van der Waals surface area contributed by atoms with Crippen molar-refractivity contribution in [2.75, 3.05) is 19.8 Å². The second-order valence-corrected chi connectivity index (χ2v) is 4.73. The lowest BCUT2D eigenvalue weighted by Crippen LogP contribution is -2.14. The third-order valence-corrected chi connectivity index (χ3v) is 3.12. The van der Waals surface area contributed by atoms with Crippen LogP contribution in [0, 0.1) is 0 Å². The molecule has 0 spiro atoms. The Hall–Kier alpha value is -1.75. The Bertz CT molecular complexity index is 522. The van der Waals surface area contributed by atoms with E-state index in [4.69, 9.17) is 9.47 Å². The van der Waals surface area contributed by atoms with Gasteiger partial charge in [0.15, 0.2) is 11.5 Å². The average molecular weight is 261 g/mol. The molecule has 0 fully saturated rings. The maximum absolute atomic E-state index is 5.68. The second-order valence-electron chi connectivity index (χ2n) is 4.73. The molecule has 0 saturated carbocycles. The molecular formula is C14H19N3O2. The van der Waals surface area contributed by atoms with Crippen molar-refractivity contribution in [3.8, 4) is 11.5 Å². The van der Waals surface area contributed by atoms with Crippen molar-refractivity contribution >= 4 is 11.0 Å². The quantitative estimate of drug-likeness (QED) is 0.829. The van der Waals surface area contributed by atoms with Crippen molar-refractivity contribution in [1.82, 2.24) is 15.3 Å². The van der Waals surface area contributed by atoms with E-state index in [1.54, 1.807) is 0 Å². The molecule has 0 saturated heterocycles. The summed E-state index contributed by atoms with van der Waals surface area (Å²) in [7, 11) is 0. The van der Waals surface area contributed by atoms with E-state index in [1.807, 2.05) is 12.1 Å². The number of nitrogens with one attached hydrogen (secondary N) is 2. The first-order valence-corrected chi connectivity index (χ1v) is 6.86. The minimum absolute atomic E-state index is 0.702. The number of rotatable bonds is 4. The zero-order chi connectivity index (χ0) is 13.1. The smallest absolute Gasteiger partial charge is 0.163 e. The normalized spacial score (nSPS) is 14.6. The first-order valence-electron chi connectivity index (χ1n) is 6.86. The topological polar surface area (TPSA) is 59.2 Å². The molecule has 2 N–H and O–H groups in total. The Labute approximate surface area is 112 Å². The Kier molecular flexibility index (Phi) is 3.55. The van der Waals surface area contributed by atoms with Crippen molar-refractivity contribution < 1.29 is 9.47 Å². The van der Waals surface area contributed by atoms with Crippen molar-refractivity contribution in [2.24, 2.45) is 0 Å². The summed E-state index contributed by atoms with van der Waals surface area (Å²) < 4.78 is 11.3. The molecule has 5 heteroatoms. The summed E-state index contributed by atoms with van der Waals surface area (Å²) in [6, 6.07) is 3.93. The van der Waals surface area contributed by atoms with Crippen LogP contribution in [0.1, 0.15) is 25.6 Å². The minimum Gasteiger partial charge on any atom is -0.489 e. The molecule has 0 atom stereocenters. The van der Waals surface area contributed by atoms with Crippen LogP contribution in [-0.2, 0) is 6.54 Å². The van der Waals surface area contributed by atoms with Crippen LogP contribution < -0.4 is 14.8 Å². The number of imidazole rings is 1. The zero-order valence-electron chi connectivity index (χ0n) is 11.2. The maximum atomic E-state index is 5.68. The lowest BCUT2D eigenvalue weighted by Gasteiger charge is -2.05. The van der Waals surface area contributed by atoms with E-state index in [0.717, 1.165) is 54.3 Å². The lowest BCUT2D eigenvalue weighted by atomic mass is 10.3. The Balaban J connectivity index is 1.86. The van der Waals surface area contributed by atoms with Gasteiger partial charge in [-0.15, -0.1) is 0 Å². The van der Waals surface area contributed by atoms with Gasteiger partial charge in [-0.2, -0.15) is 0 Å². The summed E-state index contributed by atoms with van der Waals surface area (Å²) in [6.07, 6.45) is 2.04. The summed E-state index contributed by atoms with van der Waals surface area (Å²) in [6.45, 7) is 5.32. The molecule has 0 unspecified atom stereocenters. The molecule has 1 aliphatic heterocycles. The fourth-order valence-corrected chi connectivity index (χ4v) is 2.19. The highest BCUT2D eigenvalue weighted by atomic mass is 16.5. The average Bonchev–Trinajstić information content (AvgIpc) is 2.65. The highest BCUT2D eigenvalue weighted by Gasteiger charge is 2.13. The maximum Gasteiger partial charge on any atom is 0.163 e. The van der Waals surface area contributed by atoms with Crippen molar-refractivity contribution in [3.63, 3.8) is 0 Å². The van der Waals surface area contributed by atoms with Gasteiger partial charge in [-0.25, -0.2) is 4.98 Å². The van der Waals surface area contributed by atoms with Crippen LogP contribution >= 0.6 is 0 Å². The van der Waals surface area contributed by atoms with Crippen molar-refractivity contribution in [3.05, 3.63) is 18.0 Å². The van der Waals surface area contributed by atoms with E-state index in [1.165, 1.54) is 0 Å². The summed E-state index contributed by atoms with van der Waals surface area (Å²) in [5.41, 5.74) is 1.93. The first-order chi connectivity index (χ1) is 9.36. The SMILES string of the molecule is CCCNCc1nc2cc3c(cc2[nH]1)OCCCO3. The third kappa shape index (κ3) is 2.66. The van der Waals surface area contributed by atoms with Crippen LogP contribution in [-0.4, -0.2) is 29.7 Å². The Morgan fingerprint density at radius 3 is 2.84 bits per heavy atom. The van der Waals surface area contributed by atoms with Gasteiger partial charge >= 0.3 is 0 Å². The molecule has 102 valence electrons. The number of nitrogens with zero attached hydrogens (tertiary/aromatic N) is 1. The zero-order valence-corrected chi connectivity index (χ0v) is 11.2. The van der Waals surface area contributed by atoms with Crippen LogP contribution in [0.25, 0.3) is 11.0 Å². The van der Waals surface area contributed by atoms with Crippen molar-refractivity contribution in [2.45, 2.75) is 26.3 Å². The number of fused-ring (bicyclic) bond motifs is 2. The molecule has 19 heavy (non-hydrogen) atoms. The van der Waals surface area contributed by atoms with Gasteiger partial charge in [-0.3, -0.25) is 0 Å². The first kappa shape index (κ1) is 12.3. The predicted octanol–water partition coefficient (Wildman–Crippen LogP) is 2.22. The molecule has 1 aliphatic rings. The van der Waals surface area contributed by atoms with E-state index in [0.29, 0.717) is 13.2 Å². The van der Waals surface area contributed by atoms with E-state index < -0.39 is 0 Å². The standard InChI is InChI=1S/C14H19N3O2/c1-2-4-15-9-14-16-10-7-12-13(8-11(10)17-14)19-6-3-5-18-12/h7-8,15H,2-6,9H2,1H3,(H,16,17). The molecule has 0 aliphatic carbocycles. The summed E-state index contributed by atoms with van der Waals surface area (Å²) in [5.74, 6) is 2.55. The molecule has 3 rings (SSSR count). The minimum atomic E-state index is 0.702. The number of H-pyrrole nitrogens is 1. The van der Waals surface area contributed by atoms with Crippen LogP contribution in [0.5, 0.6) is 11.5 Å². The molecule has 2 aromatic rings. The van der Waals surface area contributed by atoms with Gasteiger partial charge in [0.2, 0.25) is 0 Å². The van der Waals surface area contributed by atoms with Gasteiger partial charge in [0.25, 0.3) is 0 Å². The Morgan fingerprint density at radius 1 is 1.26 bits per heavy atom. The number of aromatic nitrogens is 2. The van der Waals surface area contributed by atoms with E-state index >= 15 is 0 Å². The number of ether oxygens (including phenoxy) is 2. The molecule has 0 radical (unpaired) electrons. The van der Waals surface area contributed by atoms with Crippen LogP contribution in [0.15, 0.2) is 12.1 Å². The molecule has 5 nitrogen and oxygen atoms in total. The molecular weight excluding hydrogens is 242 g/mol. The summed E-state index contributed by atoms with van der Waals surface area (Å²) >= 11 is 0. The van der Waals surface area contributed by atoms with Crippen molar-refractivity contribution in [1.29, 1.82) is 0 Å². The van der Waals surface area contributed by atoms with Gasteiger partial charge in [0.1, 0.15) is 5.82 Å². The summed E-state index contributed by atoms with van der Waals surface area (Å²) in [4.78, 5) is 7.89. The third-order valence-electron chi connectivity index (χ3n) is 3.12. The van der Waals surface area contributed by atoms with E-state index in [-0.39, 0.29) is 0 Å². The van der Waals surface area contributed by atoms with E-state index in [9.17, 15) is 0 Å². The second kappa shape index (κ2) is 5.48. The molecule has 2 heterocycles. The number of hydrogen-bond donors (Lipinski definition) is 2. The fraction of sp³-hybridized carbons (Fsp3) is 0.500. The molecule has 1 aromatic carbocycles. The fourth-order valence-electron chi connectivity index (χ4n) is 2.19. The van der Waals surface area contributed by atoms with Crippen LogP contribution in [0.2, 0.25) is 0 Å². The molecule has 0 bridgehead atoms. The number of benzene rings is 1. The van der Waals surface area contributed by atoms with E-state index in [2.05, 4.69) is 22.2 Å². The predicted molar refractivity (Wildman–Crippen MR) is 73.7 cm³/mol. The number of aromatic amines is 1. The van der Waals surface area contributed by atoms with Gasteiger partial charge < -0.3 is 19.8 Å². The van der Waals surface area contributed by atoms with Gasteiger partial charge in [0.05, 0.1) is 30.8 Å².